The first-order valence-electron chi connectivity index (χ1n) is 5.83. The van der Waals surface area contributed by atoms with E-state index >= 15 is 0 Å². The lowest BCUT2D eigenvalue weighted by atomic mass is 10.1. The Morgan fingerprint density at radius 3 is 2.94 bits per heavy atom. The predicted molar refractivity (Wildman–Crippen MR) is 65.9 cm³/mol. The van der Waals surface area contributed by atoms with Crippen LogP contribution in [-0.4, -0.2) is 19.0 Å². The number of nitrogens with two attached hydrogens (primary N) is 1. The average Bonchev–Trinajstić information content (AvgIpc) is 2.29. The molecule has 1 amide bonds. The van der Waals surface area contributed by atoms with E-state index in [9.17, 15) is 9.18 Å². The summed E-state index contributed by atoms with van der Waals surface area (Å²) < 4.78 is 12.9. The van der Waals surface area contributed by atoms with Crippen LogP contribution in [0.5, 0.6) is 0 Å². The van der Waals surface area contributed by atoms with Gasteiger partial charge in [-0.3, -0.25) is 4.79 Å². The van der Waals surface area contributed by atoms with Gasteiger partial charge in [0.05, 0.1) is 0 Å². The molecule has 0 aliphatic heterocycles. The van der Waals surface area contributed by atoms with E-state index in [-0.39, 0.29) is 17.6 Å². The number of rotatable bonds is 6. The highest BCUT2D eigenvalue weighted by Gasteiger charge is 2.06. The van der Waals surface area contributed by atoms with Crippen molar-refractivity contribution in [1.29, 1.82) is 0 Å². The molecule has 1 atom stereocenters. The third-order valence-electron chi connectivity index (χ3n) is 2.56. The molecule has 0 saturated carbocycles. The Labute approximate surface area is 101 Å². The van der Waals surface area contributed by atoms with Crippen molar-refractivity contribution in [2.24, 2.45) is 11.7 Å². The molecule has 4 heteroatoms. The molecule has 1 unspecified atom stereocenters. The number of carbonyl (C=O) groups excluding carboxylic acids is 1. The summed E-state index contributed by atoms with van der Waals surface area (Å²) in [6.45, 7) is 2.98. The summed E-state index contributed by atoms with van der Waals surface area (Å²) >= 11 is 0. The van der Waals surface area contributed by atoms with Crippen LogP contribution in [0.3, 0.4) is 0 Å². The fourth-order valence-electron chi connectivity index (χ4n) is 1.51. The number of hydrogen-bond acceptors (Lipinski definition) is 2. The Balaban J connectivity index is 2.26. The van der Waals surface area contributed by atoms with Gasteiger partial charge >= 0.3 is 0 Å². The van der Waals surface area contributed by atoms with Crippen LogP contribution in [0.15, 0.2) is 24.3 Å². The van der Waals surface area contributed by atoms with Gasteiger partial charge in [0.25, 0.3) is 0 Å². The number of benzene rings is 1. The van der Waals surface area contributed by atoms with Gasteiger partial charge in [-0.05, 0) is 36.6 Å². The molecule has 0 radical (unpaired) electrons. The molecule has 0 aliphatic rings. The lowest BCUT2D eigenvalue weighted by Crippen LogP contribution is -2.28. The van der Waals surface area contributed by atoms with E-state index in [1.54, 1.807) is 6.07 Å². The molecular weight excluding hydrogens is 219 g/mol. The number of nitrogens with one attached hydrogen (secondary N) is 1. The van der Waals surface area contributed by atoms with Crippen molar-refractivity contribution < 1.29 is 9.18 Å². The minimum Gasteiger partial charge on any atom is -0.356 e. The molecule has 3 nitrogen and oxygen atoms in total. The highest BCUT2D eigenvalue weighted by atomic mass is 19.1. The standard InChI is InChI=1S/C13H19FN2O/c1-10(9-15)7-13(17)16-6-5-11-3-2-4-12(14)8-11/h2-4,8,10H,5-7,9,15H2,1H3,(H,16,17). The van der Waals surface area contributed by atoms with Crippen LogP contribution in [0.25, 0.3) is 0 Å². The van der Waals surface area contributed by atoms with E-state index in [1.165, 1.54) is 12.1 Å². The molecular formula is C13H19FN2O. The molecule has 0 saturated heterocycles. The van der Waals surface area contributed by atoms with Crippen molar-refractivity contribution in [3.63, 3.8) is 0 Å². The molecule has 0 heterocycles. The summed E-state index contributed by atoms with van der Waals surface area (Å²) in [5.74, 6) is -0.0471. The van der Waals surface area contributed by atoms with Gasteiger partial charge in [-0.1, -0.05) is 19.1 Å². The first kappa shape index (κ1) is 13.6. The highest BCUT2D eigenvalue weighted by Crippen LogP contribution is 2.04. The molecule has 0 spiro atoms. The first-order valence-corrected chi connectivity index (χ1v) is 5.83. The molecule has 0 bridgehead atoms. The largest absolute Gasteiger partial charge is 0.356 e. The van der Waals surface area contributed by atoms with E-state index in [0.29, 0.717) is 25.9 Å². The van der Waals surface area contributed by atoms with Crippen LogP contribution in [0.2, 0.25) is 0 Å². The number of carbonyl (C=O) groups is 1. The van der Waals surface area contributed by atoms with Crippen LogP contribution in [0.4, 0.5) is 4.39 Å². The Kier molecular flexibility index (Phi) is 5.63. The summed E-state index contributed by atoms with van der Waals surface area (Å²) in [6, 6.07) is 6.40. The molecule has 1 aromatic carbocycles. The zero-order valence-electron chi connectivity index (χ0n) is 10.1. The second-order valence-electron chi connectivity index (χ2n) is 4.27. The van der Waals surface area contributed by atoms with E-state index < -0.39 is 0 Å². The van der Waals surface area contributed by atoms with Crippen LogP contribution in [0, 0.1) is 11.7 Å². The van der Waals surface area contributed by atoms with E-state index in [4.69, 9.17) is 5.73 Å². The lowest BCUT2D eigenvalue weighted by molar-refractivity contribution is -0.121. The molecule has 1 aromatic rings. The second-order valence-corrected chi connectivity index (χ2v) is 4.27. The topological polar surface area (TPSA) is 55.1 Å². The first-order chi connectivity index (χ1) is 8.11. The maximum atomic E-state index is 12.9. The van der Waals surface area contributed by atoms with Crippen molar-refractivity contribution in [1.82, 2.24) is 5.32 Å². The molecule has 0 aliphatic carbocycles. The molecule has 1 rings (SSSR count). The Morgan fingerprint density at radius 1 is 1.53 bits per heavy atom. The summed E-state index contributed by atoms with van der Waals surface area (Å²) in [4.78, 5) is 11.4. The maximum Gasteiger partial charge on any atom is 0.220 e. The van der Waals surface area contributed by atoms with Gasteiger partial charge in [-0.25, -0.2) is 4.39 Å². The summed E-state index contributed by atoms with van der Waals surface area (Å²) in [7, 11) is 0. The lowest BCUT2D eigenvalue weighted by Gasteiger charge is -2.09. The van der Waals surface area contributed by atoms with Crippen molar-refractivity contribution >= 4 is 5.91 Å². The van der Waals surface area contributed by atoms with Gasteiger partial charge < -0.3 is 11.1 Å². The average molecular weight is 238 g/mol. The molecule has 0 fully saturated rings. The van der Waals surface area contributed by atoms with E-state index in [2.05, 4.69) is 5.32 Å². The van der Waals surface area contributed by atoms with Gasteiger partial charge in [0.15, 0.2) is 0 Å². The smallest absolute Gasteiger partial charge is 0.220 e. The van der Waals surface area contributed by atoms with Crippen molar-refractivity contribution in [2.75, 3.05) is 13.1 Å². The third kappa shape index (κ3) is 5.45. The quantitative estimate of drug-likeness (QED) is 0.788. The maximum absolute atomic E-state index is 12.9. The van der Waals surface area contributed by atoms with E-state index in [1.807, 2.05) is 13.0 Å². The van der Waals surface area contributed by atoms with Crippen molar-refractivity contribution in [3.05, 3.63) is 35.6 Å². The molecule has 94 valence electrons. The van der Waals surface area contributed by atoms with Crippen LogP contribution in [-0.2, 0) is 11.2 Å². The Bertz CT molecular complexity index is 368. The minimum atomic E-state index is -0.245. The van der Waals surface area contributed by atoms with Gasteiger partial charge in [0.2, 0.25) is 5.91 Å². The number of hydrogen-bond donors (Lipinski definition) is 2. The summed E-state index contributed by atoms with van der Waals surface area (Å²) in [5, 5.41) is 2.80. The molecule has 3 N–H and O–H groups in total. The second kappa shape index (κ2) is 7.01. The van der Waals surface area contributed by atoms with Gasteiger partial charge in [-0.2, -0.15) is 0 Å². The molecule has 0 aromatic heterocycles. The summed E-state index contributed by atoms with van der Waals surface area (Å²) in [6.07, 6.45) is 1.08. The predicted octanol–water partition coefficient (Wildman–Crippen LogP) is 1.47. The summed E-state index contributed by atoms with van der Waals surface area (Å²) in [5.41, 5.74) is 6.32. The van der Waals surface area contributed by atoms with Crippen LogP contribution < -0.4 is 11.1 Å². The van der Waals surface area contributed by atoms with Gasteiger partial charge in [-0.15, -0.1) is 0 Å². The minimum absolute atomic E-state index is 0.000599. The number of amides is 1. The van der Waals surface area contributed by atoms with E-state index in [0.717, 1.165) is 5.56 Å². The van der Waals surface area contributed by atoms with Crippen LogP contribution in [0.1, 0.15) is 18.9 Å². The normalized spacial score (nSPS) is 12.2. The zero-order chi connectivity index (χ0) is 12.7. The monoisotopic (exact) mass is 238 g/mol. The molecule has 17 heavy (non-hydrogen) atoms. The number of halogens is 1. The van der Waals surface area contributed by atoms with Crippen molar-refractivity contribution in [2.45, 2.75) is 19.8 Å². The SMILES string of the molecule is CC(CN)CC(=O)NCCc1cccc(F)c1. The van der Waals surface area contributed by atoms with Gasteiger partial charge in [0, 0.05) is 13.0 Å². The zero-order valence-corrected chi connectivity index (χ0v) is 10.1. The fraction of sp³-hybridized carbons (Fsp3) is 0.462. The fourth-order valence-corrected chi connectivity index (χ4v) is 1.51. The Hall–Kier alpha value is -1.42. The Morgan fingerprint density at radius 2 is 2.29 bits per heavy atom. The van der Waals surface area contributed by atoms with Gasteiger partial charge in [0.1, 0.15) is 5.82 Å². The third-order valence-corrected chi connectivity index (χ3v) is 2.56. The highest BCUT2D eigenvalue weighted by molar-refractivity contribution is 5.76. The van der Waals surface area contributed by atoms with Crippen molar-refractivity contribution in [3.8, 4) is 0 Å². The van der Waals surface area contributed by atoms with Crippen LogP contribution >= 0.6 is 0 Å².